The highest BCUT2D eigenvalue weighted by molar-refractivity contribution is 6.08. The lowest BCUT2D eigenvalue weighted by Crippen LogP contribution is -1.89. The van der Waals surface area contributed by atoms with Crippen molar-refractivity contribution < 1.29 is 30.6 Å². The molecule has 0 radical (unpaired) electrons. The Balaban J connectivity index is 0.0000000991. The summed E-state index contributed by atoms with van der Waals surface area (Å²) in [6.45, 7) is 0. The highest BCUT2D eigenvalue weighted by atomic mass is 16.3. The van der Waals surface area contributed by atoms with Crippen LogP contribution >= 0.6 is 0 Å². The maximum atomic E-state index is 9.76. The molecule has 2 aliphatic carbocycles. The summed E-state index contributed by atoms with van der Waals surface area (Å²) in [7, 11) is 0. The first-order valence-corrected chi connectivity index (χ1v) is 47.6. The normalized spacial score (nSPS) is 11.2. The summed E-state index contributed by atoms with van der Waals surface area (Å²) >= 11 is 0. The Morgan fingerprint density at radius 3 is 0.700 bits per heavy atom. The molecule has 6 nitrogen and oxygen atoms in total. The molecule has 0 saturated heterocycles. The van der Waals surface area contributed by atoms with Gasteiger partial charge in [0.05, 0.1) is 0 Å². The second kappa shape index (κ2) is 42.0. The molecule has 6 N–H and O–H groups in total. The second-order valence-electron chi connectivity index (χ2n) is 36.0. The molecule has 0 spiro atoms. The average molecular weight is 1810 g/mol. The Morgan fingerprint density at radius 1 is 0.121 bits per heavy atom. The van der Waals surface area contributed by atoms with E-state index >= 15 is 0 Å². The molecule has 674 valence electrons. The van der Waals surface area contributed by atoms with Crippen LogP contribution in [0.5, 0.6) is 34.5 Å². The summed E-state index contributed by atoms with van der Waals surface area (Å²) in [5.74, 6) is 0.560. The van der Waals surface area contributed by atoms with E-state index in [1.165, 1.54) is 201 Å². The van der Waals surface area contributed by atoms with Crippen LogP contribution in [0, 0.1) is 0 Å². The van der Waals surface area contributed by atoms with Crippen molar-refractivity contribution in [1.82, 2.24) is 0 Å². The molecule has 25 aromatic rings. The highest BCUT2D eigenvalue weighted by Crippen LogP contribution is 2.43. The van der Waals surface area contributed by atoms with Gasteiger partial charge in [0.1, 0.15) is 34.5 Å². The van der Waals surface area contributed by atoms with Gasteiger partial charge in [-0.3, -0.25) is 0 Å². The fourth-order valence-corrected chi connectivity index (χ4v) is 19.3. The maximum absolute atomic E-state index is 9.76. The van der Waals surface area contributed by atoms with Crippen LogP contribution in [-0.2, 0) is 38.5 Å². The number of aromatic hydroxyl groups is 6. The van der Waals surface area contributed by atoms with Crippen molar-refractivity contribution in [2.45, 2.75) is 38.5 Å². The van der Waals surface area contributed by atoms with Gasteiger partial charge in [0.15, 0.2) is 0 Å². The lowest BCUT2D eigenvalue weighted by atomic mass is 9.97. The van der Waals surface area contributed by atoms with E-state index in [4.69, 9.17) is 0 Å². The van der Waals surface area contributed by atoms with Gasteiger partial charge in [0.2, 0.25) is 0 Å². The Bertz CT molecular complexity index is 8420. The zero-order valence-electron chi connectivity index (χ0n) is 77.4. The predicted octanol–water partition coefficient (Wildman–Crippen LogP) is 33.9. The molecule has 0 bridgehead atoms. The lowest BCUT2D eigenvalue weighted by Gasteiger charge is -2.08. The molecular formula is C134H102O6. The van der Waals surface area contributed by atoms with Crippen LogP contribution in [0.1, 0.15) is 66.8 Å². The summed E-state index contributed by atoms with van der Waals surface area (Å²) in [5.41, 5.74) is 22.4. The van der Waals surface area contributed by atoms with E-state index in [1.54, 1.807) is 24.3 Å². The fraction of sp³-hybridized carbons (Fsp3) is 0.0448. The van der Waals surface area contributed by atoms with Crippen LogP contribution in [-0.4, -0.2) is 30.6 Å². The molecule has 0 unspecified atom stereocenters. The van der Waals surface area contributed by atoms with E-state index in [1.807, 2.05) is 24.3 Å². The Morgan fingerprint density at radius 2 is 0.350 bits per heavy atom. The van der Waals surface area contributed by atoms with Gasteiger partial charge in [-0.2, -0.15) is 0 Å². The molecule has 27 rings (SSSR count). The van der Waals surface area contributed by atoms with Crippen molar-refractivity contribution >= 4 is 118 Å². The molecule has 0 saturated carbocycles. The van der Waals surface area contributed by atoms with Gasteiger partial charge in [-0.25, -0.2) is 0 Å². The van der Waals surface area contributed by atoms with Crippen LogP contribution in [0.3, 0.4) is 0 Å². The standard InChI is InChI=1S/C25H18.C21H16.C17H12.C17H14.C14H10O4.C14H10O2.C13H10.C13H12/c1-2-6-21-14-18(9-11-20(21)5-1)13-19-10-12-24-16-22-7-3-4-8-23(22)17-25(24)15-19;1-3-7-20-14-16(9-11-18(20)5-1)13-17-10-12-19-6-2-4-8-21(19)15-17;1-2-6-13-11-17-15(9-12(13)5-1)10-14-7-3-4-8-16(14)17;1-2-6-14(7-3-1)12-15-10-11-16-8-4-5-9-17(16)13-15;15-11-1-2-12(16)8-6-10-9(5-7(8)11)13(17)3-4-14(10)18;15-13-5-1-3-9-7-12-10(8-11(9)13)4-2-6-14(12)16;1-3-7-12-10(5-1)9-11-6-2-4-8-13(11)12;1-3-7-12(8-4-1)11-13-9-5-2-6-10-13/h1-12,14-17H,13H2;1-12,14-15H,13H2;1-9,11H,10H2;1-11,13H,12H2;1-6,15-18H;1-8,15-16H;1-8H,9H2;1-10H,11H2. The number of hydrogen-bond donors (Lipinski definition) is 6. The topological polar surface area (TPSA) is 121 Å². The fourth-order valence-electron chi connectivity index (χ4n) is 19.3. The molecule has 25 aromatic carbocycles. The van der Waals surface area contributed by atoms with Crippen LogP contribution < -0.4 is 0 Å². The molecule has 140 heavy (non-hydrogen) atoms. The van der Waals surface area contributed by atoms with E-state index in [9.17, 15) is 30.6 Å². The summed E-state index contributed by atoms with van der Waals surface area (Å²) in [6, 6.07) is 175. The molecule has 0 fully saturated rings. The lowest BCUT2D eigenvalue weighted by molar-refractivity contribution is 0.467. The van der Waals surface area contributed by atoms with Gasteiger partial charge in [-0.05, 0) is 293 Å². The maximum Gasteiger partial charge on any atom is 0.123 e. The van der Waals surface area contributed by atoms with Crippen LogP contribution in [0.4, 0.5) is 0 Å². The first kappa shape index (κ1) is 90.0. The molecule has 6 heteroatoms. The van der Waals surface area contributed by atoms with Crippen LogP contribution in [0.25, 0.3) is 141 Å². The number of phenols is 6. The van der Waals surface area contributed by atoms with Crippen LogP contribution in [0.2, 0.25) is 0 Å². The third-order valence-corrected chi connectivity index (χ3v) is 26.4. The van der Waals surface area contributed by atoms with Gasteiger partial charge in [0.25, 0.3) is 0 Å². The van der Waals surface area contributed by atoms with Crippen LogP contribution in [0.15, 0.2) is 510 Å². The number of fused-ring (bicyclic) bond motifs is 17. The second-order valence-corrected chi connectivity index (χ2v) is 36.0. The Kier molecular flexibility index (Phi) is 27.0. The molecule has 0 aromatic heterocycles. The van der Waals surface area contributed by atoms with Crippen molar-refractivity contribution in [1.29, 1.82) is 0 Å². The summed E-state index contributed by atoms with van der Waals surface area (Å²) in [6.07, 6.45) is 6.17. The molecule has 2 aliphatic rings. The van der Waals surface area contributed by atoms with E-state index in [-0.39, 0.29) is 34.5 Å². The average Bonchev–Trinajstić information content (AvgIpc) is 0.904. The SMILES string of the molecule is Oc1ccc(O)c2cc3c(O)ccc(O)c3cc12.Oc1cccc2cc3c(O)cccc3cc12.c1ccc(Cc2ccc3ccccc3c2)cc1.c1ccc(Cc2ccccc2)cc1.c1ccc2c(c1)Cc1cc3ccccc3cc1-2.c1ccc2c(c1)Cc1ccccc1-2.c1ccc2cc(Cc3ccc4cc5ccccc5cc4c3)ccc2c1.c1ccc2cc(Cc3ccc4ccccc4c3)ccc2c1. The molecule has 0 atom stereocenters. The minimum Gasteiger partial charge on any atom is -0.507 e. The zero-order valence-corrected chi connectivity index (χ0v) is 77.4. The third kappa shape index (κ3) is 21.1. The molecule has 0 aliphatic heterocycles. The van der Waals surface area contributed by atoms with E-state index in [0.717, 1.165) is 60.1 Å². The number of phenolic OH excluding ortho intramolecular Hbond substituents is 6. The van der Waals surface area contributed by atoms with E-state index in [2.05, 4.69) is 425 Å². The first-order valence-electron chi connectivity index (χ1n) is 47.6. The van der Waals surface area contributed by atoms with Gasteiger partial charge < -0.3 is 30.6 Å². The summed E-state index contributed by atoms with van der Waals surface area (Å²) < 4.78 is 0. The molecular weight excluding hydrogens is 1710 g/mol. The van der Waals surface area contributed by atoms with E-state index < -0.39 is 0 Å². The summed E-state index contributed by atoms with van der Waals surface area (Å²) in [4.78, 5) is 0. The minimum absolute atomic E-state index is 0.00689. The van der Waals surface area contributed by atoms with Gasteiger partial charge in [-0.1, -0.05) is 431 Å². The zero-order chi connectivity index (χ0) is 95.0. The first-order chi connectivity index (χ1) is 68.8. The number of hydrogen-bond acceptors (Lipinski definition) is 6. The van der Waals surface area contributed by atoms with Crippen molar-refractivity contribution in [3.05, 3.63) is 576 Å². The molecule has 0 heterocycles. The monoisotopic (exact) mass is 1810 g/mol. The highest BCUT2D eigenvalue weighted by Gasteiger charge is 2.20. The van der Waals surface area contributed by atoms with Gasteiger partial charge in [0, 0.05) is 32.3 Å². The minimum atomic E-state index is 0.00689. The van der Waals surface area contributed by atoms with E-state index in [0.29, 0.717) is 21.5 Å². The predicted molar refractivity (Wildman–Crippen MR) is 588 cm³/mol. The van der Waals surface area contributed by atoms with Crippen molar-refractivity contribution in [3.63, 3.8) is 0 Å². The quantitative estimate of drug-likeness (QED) is 0.0666. The van der Waals surface area contributed by atoms with Crippen molar-refractivity contribution in [3.8, 4) is 56.8 Å². The number of rotatable bonds is 8. The smallest absolute Gasteiger partial charge is 0.123 e. The van der Waals surface area contributed by atoms with Gasteiger partial charge >= 0.3 is 0 Å². The van der Waals surface area contributed by atoms with Crippen molar-refractivity contribution in [2.24, 2.45) is 0 Å². The number of benzene rings is 25. The Labute approximate surface area is 815 Å². The largest absolute Gasteiger partial charge is 0.507 e. The van der Waals surface area contributed by atoms with Crippen molar-refractivity contribution in [2.75, 3.05) is 0 Å². The molecule has 0 amide bonds. The Hall–Kier alpha value is -17.8. The summed E-state index contributed by atoms with van der Waals surface area (Å²) in [5, 5.41) is 82.1. The third-order valence-electron chi connectivity index (χ3n) is 26.4. The van der Waals surface area contributed by atoms with Gasteiger partial charge in [-0.15, -0.1) is 0 Å².